The highest BCUT2D eigenvalue weighted by molar-refractivity contribution is 5.91. The maximum absolute atomic E-state index is 5.48. The van der Waals surface area contributed by atoms with E-state index in [1.54, 1.807) is 14.2 Å². The fraction of sp³-hybridized carbons (Fsp3) is 0.333. The van der Waals surface area contributed by atoms with Crippen LogP contribution in [0.1, 0.15) is 26.5 Å². The predicted octanol–water partition coefficient (Wildman–Crippen LogP) is 3.64. The van der Waals surface area contributed by atoms with Crippen LogP contribution in [0.4, 0.5) is 0 Å². The SMILES string of the molecule is C=C(NC(C)=NC(C)C)c1cc(OC)c2ccc(OC)cc2n1. The molecule has 0 aliphatic carbocycles. The van der Waals surface area contributed by atoms with Gasteiger partial charge in [-0.05, 0) is 32.9 Å². The lowest BCUT2D eigenvalue weighted by Gasteiger charge is -2.13. The molecule has 0 spiro atoms. The molecule has 2 rings (SSSR count). The number of pyridine rings is 1. The molecule has 0 unspecified atom stereocenters. The highest BCUT2D eigenvalue weighted by Gasteiger charge is 2.10. The van der Waals surface area contributed by atoms with Crippen molar-refractivity contribution in [1.82, 2.24) is 10.3 Å². The summed E-state index contributed by atoms with van der Waals surface area (Å²) in [4.78, 5) is 9.09. The highest BCUT2D eigenvalue weighted by Crippen LogP contribution is 2.29. The summed E-state index contributed by atoms with van der Waals surface area (Å²) in [6.45, 7) is 10.0. The quantitative estimate of drug-likeness (QED) is 0.676. The van der Waals surface area contributed by atoms with Crippen LogP contribution in [-0.4, -0.2) is 31.1 Å². The van der Waals surface area contributed by atoms with Crippen LogP contribution in [0.2, 0.25) is 0 Å². The monoisotopic (exact) mass is 313 g/mol. The Bertz CT molecular complexity index is 751. The Balaban J connectivity index is 2.42. The predicted molar refractivity (Wildman–Crippen MR) is 95.3 cm³/mol. The molecule has 1 aromatic heterocycles. The minimum Gasteiger partial charge on any atom is -0.497 e. The van der Waals surface area contributed by atoms with Crippen molar-refractivity contribution in [2.45, 2.75) is 26.8 Å². The Morgan fingerprint density at radius 2 is 1.96 bits per heavy atom. The van der Waals surface area contributed by atoms with Crippen molar-refractivity contribution in [2.24, 2.45) is 4.99 Å². The van der Waals surface area contributed by atoms with E-state index in [1.807, 2.05) is 45.0 Å². The lowest BCUT2D eigenvalue weighted by atomic mass is 10.1. The van der Waals surface area contributed by atoms with E-state index in [9.17, 15) is 0 Å². The molecule has 0 bridgehead atoms. The van der Waals surface area contributed by atoms with Crippen LogP contribution in [-0.2, 0) is 0 Å². The first kappa shape index (κ1) is 16.8. The van der Waals surface area contributed by atoms with Gasteiger partial charge in [-0.1, -0.05) is 6.58 Å². The van der Waals surface area contributed by atoms with Gasteiger partial charge in [-0.2, -0.15) is 0 Å². The molecule has 1 N–H and O–H groups in total. The molecule has 1 aromatic carbocycles. The summed E-state index contributed by atoms with van der Waals surface area (Å²) in [5, 5.41) is 4.11. The minimum absolute atomic E-state index is 0.221. The molecule has 0 atom stereocenters. The second-order valence-corrected chi connectivity index (χ2v) is 5.50. The van der Waals surface area contributed by atoms with Crippen LogP contribution in [0.5, 0.6) is 11.5 Å². The Labute approximate surface area is 137 Å². The topological polar surface area (TPSA) is 55.7 Å². The lowest BCUT2D eigenvalue weighted by molar-refractivity contribution is 0.414. The average molecular weight is 313 g/mol. The van der Waals surface area contributed by atoms with Crippen molar-refractivity contribution in [3.05, 3.63) is 36.5 Å². The number of ether oxygens (including phenoxy) is 2. The third kappa shape index (κ3) is 4.00. The van der Waals surface area contributed by atoms with Crippen LogP contribution in [0.15, 0.2) is 35.8 Å². The van der Waals surface area contributed by atoms with E-state index in [4.69, 9.17) is 9.47 Å². The van der Waals surface area contributed by atoms with E-state index in [-0.39, 0.29) is 6.04 Å². The number of hydrogen-bond donors (Lipinski definition) is 1. The number of aliphatic imine (C=N–C) groups is 1. The van der Waals surface area contributed by atoms with Gasteiger partial charge in [-0.3, -0.25) is 4.99 Å². The van der Waals surface area contributed by atoms with Crippen molar-refractivity contribution in [3.8, 4) is 11.5 Å². The van der Waals surface area contributed by atoms with Gasteiger partial charge in [0.15, 0.2) is 0 Å². The Hall–Kier alpha value is -2.56. The summed E-state index contributed by atoms with van der Waals surface area (Å²) >= 11 is 0. The molecule has 0 radical (unpaired) electrons. The molecule has 1 heterocycles. The largest absolute Gasteiger partial charge is 0.497 e. The fourth-order valence-corrected chi connectivity index (χ4v) is 2.33. The normalized spacial score (nSPS) is 11.7. The summed E-state index contributed by atoms with van der Waals surface area (Å²) in [5.74, 6) is 2.30. The first-order valence-corrected chi connectivity index (χ1v) is 7.48. The smallest absolute Gasteiger partial charge is 0.130 e. The number of benzene rings is 1. The van der Waals surface area contributed by atoms with Gasteiger partial charge in [0, 0.05) is 23.6 Å². The van der Waals surface area contributed by atoms with E-state index >= 15 is 0 Å². The summed E-state index contributed by atoms with van der Waals surface area (Å²) in [6, 6.07) is 7.79. The second kappa shape index (κ2) is 7.13. The lowest BCUT2D eigenvalue weighted by Crippen LogP contribution is -2.20. The zero-order valence-corrected chi connectivity index (χ0v) is 14.3. The van der Waals surface area contributed by atoms with Crippen molar-refractivity contribution >= 4 is 22.4 Å². The molecule has 0 aliphatic heterocycles. The number of fused-ring (bicyclic) bond motifs is 1. The molecule has 5 nitrogen and oxygen atoms in total. The van der Waals surface area contributed by atoms with E-state index in [1.165, 1.54) is 0 Å². The highest BCUT2D eigenvalue weighted by atomic mass is 16.5. The molecular formula is C18H23N3O2. The van der Waals surface area contributed by atoms with Gasteiger partial charge in [-0.25, -0.2) is 4.98 Å². The molecule has 0 aliphatic rings. The zero-order chi connectivity index (χ0) is 17.0. The number of nitrogens with one attached hydrogen (secondary N) is 1. The first-order valence-electron chi connectivity index (χ1n) is 7.48. The maximum Gasteiger partial charge on any atom is 0.130 e. The zero-order valence-electron chi connectivity index (χ0n) is 14.3. The Kier molecular flexibility index (Phi) is 5.21. The van der Waals surface area contributed by atoms with Crippen LogP contribution in [0.25, 0.3) is 16.6 Å². The number of methoxy groups -OCH3 is 2. The average Bonchev–Trinajstić information content (AvgIpc) is 2.52. The van der Waals surface area contributed by atoms with Crippen molar-refractivity contribution in [2.75, 3.05) is 14.2 Å². The summed E-state index contributed by atoms with van der Waals surface area (Å²) in [7, 11) is 3.28. The Morgan fingerprint density at radius 1 is 1.22 bits per heavy atom. The molecule has 0 amide bonds. The van der Waals surface area contributed by atoms with E-state index < -0.39 is 0 Å². The molecular weight excluding hydrogens is 290 g/mol. The van der Waals surface area contributed by atoms with Gasteiger partial charge in [0.05, 0.1) is 37.0 Å². The van der Waals surface area contributed by atoms with Gasteiger partial charge in [0.25, 0.3) is 0 Å². The molecule has 0 saturated carbocycles. The standard InChI is InChI=1S/C18H23N3O2/c1-11(2)19-13(4)20-12(3)16-10-18(23-6)15-8-7-14(22-5)9-17(15)21-16/h7-11H,3H2,1-2,4-6H3,(H,19,20). The molecule has 2 aromatic rings. The van der Waals surface area contributed by atoms with Gasteiger partial charge in [-0.15, -0.1) is 0 Å². The maximum atomic E-state index is 5.48. The number of amidine groups is 1. The summed E-state index contributed by atoms with van der Waals surface area (Å²) in [6.07, 6.45) is 0. The van der Waals surface area contributed by atoms with Crippen molar-refractivity contribution in [1.29, 1.82) is 0 Å². The van der Waals surface area contributed by atoms with Crippen LogP contribution < -0.4 is 14.8 Å². The van der Waals surface area contributed by atoms with Gasteiger partial charge in [0.1, 0.15) is 11.5 Å². The van der Waals surface area contributed by atoms with E-state index in [2.05, 4.69) is 21.9 Å². The molecule has 0 saturated heterocycles. The van der Waals surface area contributed by atoms with Crippen LogP contribution in [0.3, 0.4) is 0 Å². The summed E-state index contributed by atoms with van der Waals surface area (Å²) < 4.78 is 10.7. The Morgan fingerprint density at radius 3 is 2.57 bits per heavy atom. The summed E-state index contributed by atoms with van der Waals surface area (Å²) in [5.41, 5.74) is 2.18. The van der Waals surface area contributed by atoms with Crippen LogP contribution in [0, 0.1) is 0 Å². The number of hydrogen-bond acceptors (Lipinski definition) is 4. The van der Waals surface area contributed by atoms with E-state index in [0.717, 1.165) is 28.2 Å². The third-order valence-electron chi connectivity index (χ3n) is 3.29. The molecule has 122 valence electrons. The molecule has 0 fully saturated rings. The molecule has 5 heteroatoms. The number of aromatic nitrogens is 1. The minimum atomic E-state index is 0.221. The van der Waals surface area contributed by atoms with Crippen molar-refractivity contribution in [3.63, 3.8) is 0 Å². The fourth-order valence-electron chi connectivity index (χ4n) is 2.33. The second-order valence-electron chi connectivity index (χ2n) is 5.50. The molecule has 23 heavy (non-hydrogen) atoms. The number of nitrogens with zero attached hydrogens (tertiary/aromatic N) is 2. The van der Waals surface area contributed by atoms with Gasteiger partial charge >= 0.3 is 0 Å². The van der Waals surface area contributed by atoms with E-state index in [0.29, 0.717) is 11.4 Å². The van der Waals surface area contributed by atoms with Gasteiger partial charge in [0.2, 0.25) is 0 Å². The van der Waals surface area contributed by atoms with Gasteiger partial charge < -0.3 is 14.8 Å². The van der Waals surface area contributed by atoms with Crippen LogP contribution >= 0.6 is 0 Å². The van der Waals surface area contributed by atoms with Crippen molar-refractivity contribution < 1.29 is 9.47 Å². The third-order valence-corrected chi connectivity index (χ3v) is 3.29. The number of rotatable bonds is 5. The first-order chi connectivity index (χ1) is 10.9.